The van der Waals surface area contributed by atoms with Gasteiger partial charge < -0.3 is 10.1 Å². The van der Waals surface area contributed by atoms with Crippen molar-refractivity contribution >= 4 is 21.8 Å². The first kappa shape index (κ1) is 14.1. The predicted octanol–water partition coefficient (Wildman–Crippen LogP) is 3.40. The zero-order valence-corrected chi connectivity index (χ0v) is 13.1. The van der Waals surface area contributed by atoms with E-state index < -0.39 is 0 Å². The molecule has 108 valence electrons. The minimum absolute atomic E-state index is 0.0324. The largest absolute Gasteiger partial charge is 0.372 e. The first-order valence-corrected chi connectivity index (χ1v) is 8.27. The molecule has 1 amide bonds. The number of nitrogens with one attached hydrogen (secondary N) is 1. The molecule has 0 bridgehead atoms. The van der Waals surface area contributed by atoms with Crippen LogP contribution >= 0.6 is 15.9 Å². The molecule has 2 aliphatic rings. The van der Waals surface area contributed by atoms with Gasteiger partial charge in [-0.05, 0) is 42.0 Å². The Balaban J connectivity index is 1.59. The molecule has 1 N–H and O–H groups in total. The summed E-state index contributed by atoms with van der Waals surface area (Å²) in [6.07, 6.45) is 4.99. The zero-order chi connectivity index (χ0) is 13.9. The van der Waals surface area contributed by atoms with Gasteiger partial charge in [0.25, 0.3) is 5.91 Å². The second kappa shape index (κ2) is 6.27. The van der Waals surface area contributed by atoms with Gasteiger partial charge in [0.15, 0.2) is 0 Å². The Bertz CT molecular complexity index is 503. The van der Waals surface area contributed by atoms with Crippen LogP contribution in [-0.4, -0.2) is 17.3 Å². The number of hydrogen-bond acceptors (Lipinski definition) is 2. The van der Waals surface area contributed by atoms with E-state index in [0.717, 1.165) is 17.7 Å². The summed E-state index contributed by atoms with van der Waals surface area (Å²) in [6, 6.07) is 5.87. The normalized spacial score (nSPS) is 25.2. The van der Waals surface area contributed by atoms with Gasteiger partial charge in [0.05, 0.1) is 13.2 Å². The van der Waals surface area contributed by atoms with E-state index >= 15 is 0 Å². The van der Waals surface area contributed by atoms with Crippen LogP contribution in [0.3, 0.4) is 0 Å². The SMILES string of the molecule is O=C(NCC1CCCCC1Br)c1ccc2c(c1)COC2. The van der Waals surface area contributed by atoms with Crippen molar-refractivity contribution in [3.63, 3.8) is 0 Å². The van der Waals surface area contributed by atoms with E-state index in [2.05, 4.69) is 21.2 Å². The molecule has 0 spiro atoms. The lowest BCUT2D eigenvalue weighted by Gasteiger charge is -2.27. The molecule has 2 unspecified atom stereocenters. The fourth-order valence-electron chi connectivity index (χ4n) is 3.03. The number of alkyl halides is 1. The predicted molar refractivity (Wildman–Crippen MR) is 81.9 cm³/mol. The van der Waals surface area contributed by atoms with Gasteiger partial charge in [0.1, 0.15) is 0 Å². The van der Waals surface area contributed by atoms with Gasteiger partial charge in [-0.1, -0.05) is 34.8 Å². The summed E-state index contributed by atoms with van der Waals surface area (Å²) in [5, 5.41) is 3.08. The van der Waals surface area contributed by atoms with Crippen molar-refractivity contribution in [3.05, 3.63) is 34.9 Å². The van der Waals surface area contributed by atoms with Crippen LogP contribution in [0.5, 0.6) is 0 Å². The Labute approximate surface area is 128 Å². The molecule has 3 nitrogen and oxygen atoms in total. The standard InChI is InChI=1S/C16H20BrNO2/c17-15-4-2-1-3-12(15)8-18-16(19)11-5-6-13-9-20-10-14(13)7-11/h5-7,12,15H,1-4,8-10H2,(H,18,19). The number of amides is 1. The fraction of sp³-hybridized carbons (Fsp3) is 0.562. The van der Waals surface area contributed by atoms with E-state index in [9.17, 15) is 4.79 Å². The molecular weight excluding hydrogens is 318 g/mol. The zero-order valence-electron chi connectivity index (χ0n) is 11.5. The van der Waals surface area contributed by atoms with Crippen molar-refractivity contribution in [1.82, 2.24) is 5.32 Å². The molecule has 20 heavy (non-hydrogen) atoms. The molecule has 1 heterocycles. The Morgan fingerprint density at radius 3 is 2.90 bits per heavy atom. The Kier molecular flexibility index (Phi) is 4.41. The lowest BCUT2D eigenvalue weighted by atomic mass is 9.89. The van der Waals surface area contributed by atoms with E-state index in [1.54, 1.807) is 0 Å². The lowest BCUT2D eigenvalue weighted by molar-refractivity contribution is 0.0944. The smallest absolute Gasteiger partial charge is 0.251 e. The van der Waals surface area contributed by atoms with Crippen molar-refractivity contribution < 1.29 is 9.53 Å². The summed E-state index contributed by atoms with van der Waals surface area (Å²) in [7, 11) is 0. The third-order valence-corrected chi connectivity index (χ3v) is 5.53. The molecule has 1 aliphatic heterocycles. The Hall–Kier alpha value is -0.870. The molecule has 4 heteroatoms. The average Bonchev–Trinajstić information content (AvgIpc) is 2.93. The van der Waals surface area contributed by atoms with Crippen LogP contribution in [0.15, 0.2) is 18.2 Å². The summed E-state index contributed by atoms with van der Waals surface area (Å²) < 4.78 is 5.38. The Morgan fingerprint density at radius 2 is 2.05 bits per heavy atom. The summed E-state index contributed by atoms with van der Waals surface area (Å²) in [6.45, 7) is 2.06. The number of hydrogen-bond donors (Lipinski definition) is 1. The topological polar surface area (TPSA) is 38.3 Å². The van der Waals surface area contributed by atoms with Gasteiger partial charge in [-0.25, -0.2) is 0 Å². The number of carbonyl (C=O) groups excluding carboxylic acids is 1. The summed E-state index contributed by atoms with van der Waals surface area (Å²) in [4.78, 5) is 12.8. The molecule has 1 aliphatic carbocycles. The highest BCUT2D eigenvalue weighted by Gasteiger charge is 2.23. The Morgan fingerprint density at radius 1 is 1.25 bits per heavy atom. The first-order valence-electron chi connectivity index (χ1n) is 7.36. The molecule has 0 radical (unpaired) electrons. The van der Waals surface area contributed by atoms with Gasteiger partial charge >= 0.3 is 0 Å². The molecular formula is C16H20BrNO2. The molecule has 3 rings (SSSR count). The highest BCUT2D eigenvalue weighted by molar-refractivity contribution is 9.09. The maximum atomic E-state index is 12.2. The van der Waals surface area contributed by atoms with Crippen LogP contribution < -0.4 is 5.32 Å². The summed E-state index contributed by atoms with van der Waals surface area (Å²) >= 11 is 3.73. The minimum Gasteiger partial charge on any atom is -0.372 e. The highest BCUT2D eigenvalue weighted by Crippen LogP contribution is 2.29. The molecule has 2 atom stereocenters. The second-order valence-electron chi connectivity index (χ2n) is 5.75. The van der Waals surface area contributed by atoms with Gasteiger partial charge in [-0.2, -0.15) is 0 Å². The monoisotopic (exact) mass is 337 g/mol. The average molecular weight is 338 g/mol. The van der Waals surface area contributed by atoms with Crippen LogP contribution in [0.2, 0.25) is 0 Å². The molecule has 1 aromatic carbocycles. The van der Waals surface area contributed by atoms with Gasteiger partial charge in [-0.15, -0.1) is 0 Å². The van der Waals surface area contributed by atoms with E-state index in [0.29, 0.717) is 24.0 Å². The fourth-order valence-corrected chi connectivity index (χ4v) is 3.81. The van der Waals surface area contributed by atoms with Gasteiger partial charge in [-0.3, -0.25) is 4.79 Å². The number of rotatable bonds is 3. The molecule has 0 aromatic heterocycles. The van der Waals surface area contributed by atoms with E-state index in [1.807, 2.05) is 18.2 Å². The van der Waals surface area contributed by atoms with Crippen LogP contribution in [0.25, 0.3) is 0 Å². The number of ether oxygens (including phenoxy) is 1. The molecule has 0 saturated heterocycles. The minimum atomic E-state index is 0.0324. The first-order chi connectivity index (χ1) is 9.74. The number of fused-ring (bicyclic) bond motifs is 1. The van der Waals surface area contributed by atoms with Gasteiger partial charge in [0.2, 0.25) is 0 Å². The van der Waals surface area contributed by atoms with E-state index in [-0.39, 0.29) is 5.91 Å². The van der Waals surface area contributed by atoms with Crippen molar-refractivity contribution in [3.8, 4) is 0 Å². The van der Waals surface area contributed by atoms with Crippen LogP contribution in [0.4, 0.5) is 0 Å². The highest BCUT2D eigenvalue weighted by atomic mass is 79.9. The van der Waals surface area contributed by atoms with Gasteiger partial charge in [0, 0.05) is 16.9 Å². The summed E-state index contributed by atoms with van der Waals surface area (Å²) in [5.74, 6) is 0.593. The van der Waals surface area contributed by atoms with Crippen molar-refractivity contribution in [2.75, 3.05) is 6.54 Å². The van der Waals surface area contributed by atoms with Crippen molar-refractivity contribution in [2.45, 2.75) is 43.7 Å². The molecule has 1 saturated carbocycles. The van der Waals surface area contributed by atoms with Crippen molar-refractivity contribution in [1.29, 1.82) is 0 Å². The molecule has 1 aromatic rings. The van der Waals surface area contributed by atoms with Crippen molar-refractivity contribution in [2.24, 2.45) is 5.92 Å². The quantitative estimate of drug-likeness (QED) is 0.858. The van der Waals surface area contributed by atoms with E-state index in [4.69, 9.17) is 4.74 Å². The van der Waals surface area contributed by atoms with Crippen LogP contribution in [0.1, 0.15) is 47.2 Å². The van der Waals surface area contributed by atoms with Crippen LogP contribution in [0, 0.1) is 5.92 Å². The third-order valence-electron chi connectivity index (χ3n) is 4.32. The third kappa shape index (κ3) is 3.07. The maximum absolute atomic E-state index is 12.2. The van der Waals surface area contributed by atoms with Crippen LogP contribution in [-0.2, 0) is 18.0 Å². The number of carbonyl (C=O) groups is 1. The number of halogens is 1. The lowest BCUT2D eigenvalue weighted by Crippen LogP contribution is -2.34. The van der Waals surface area contributed by atoms with E-state index in [1.165, 1.54) is 31.2 Å². The molecule has 1 fully saturated rings. The second-order valence-corrected chi connectivity index (χ2v) is 6.92. The number of benzene rings is 1. The summed E-state index contributed by atoms with van der Waals surface area (Å²) in [5.41, 5.74) is 3.10. The maximum Gasteiger partial charge on any atom is 0.251 e.